The minimum Gasteiger partial charge on any atom is -0.309 e. The van der Waals surface area contributed by atoms with Crippen molar-refractivity contribution in [3.8, 4) is 11.4 Å². The van der Waals surface area contributed by atoms with Crippen molar-refractivity contribution < 1.29 is 0 Å². The number of aromatic nitrogens is 2. The summed E-state index contributed by atoms with van der Waals surface area (Å²) in [5.41, 5.74) is 7.41. The van der Waals surface area contributed by atoms with E-state index in [0.29, 0.717) is 0 Å². The summed E-state index contributed by atoms with van der Waals surface area (Å²) in [6, 6.07) is 63.9. The van der Waals surface area contributed by atoms with E-state index in [-0.39, 0.29) is 0 Å². The zero-order chi connectivity index (χ0) is 36.4. The number of fused-ring (bicyclic) bond motifs is 12. The minimum absolute atomic E-state index is 1.21. The summed E-state index contributed by atoms with van der Waals surface area (Å²) in [6.07, 6.45) is 0. The number of hydrogen-bond acceptors (Lipinski definition) is 2. The quantitative estimate of drug-likeness (QED) is 0.158. The second-order valence-corrected chi connectivity index (χ2v) is 21.9. The van der Waals surface area contributed by atoms with Crippen molar-refractivity contribution in [2.24, 2.45) is 0 Å². The van der Waals surface area contributed by atoms with Gasteiger partial charge < -0.3 is 9.13 Å². The van der Waals surface area contributed by atoms with E-state index in [4.69, 9.17) is 0 Å². The summed E-state index contributed by atoms with van der Waals surface area (Å²) >= 11 is 3.75. The van der Waals surface area contributed by atoms with Crippen LogP contribution in [0.15, 0.2) is 170 Å². The Labute approximate surface area is 326 Å². The van der Waals surface area contributed by atoms with Crippen molar-refractivity contribution in [2.75, 3.05) is 0 Å². The van der Waals surface area contributed by atoms with Gasteiger partial charge in [-0.1, -0.05) is 121 Å². The molecule has 0 fully saturated rings. The van der Waals surface area contributed by atoms with Crippen molar-refractivity contribution in [1.29, 1.82) is 0 Å². The van der Waals surface area contributed by atoms with Crippen LogP contribution >= 0.6 is 22.7 Å². The molecule has 2 nitrogen and oxygen atoms in total. The molecule has 0 spiro atoms. The third kappa shape index (κ3) is 4.52. The molecule has 0 N–H and O–H groups in total. The van der Waals surface area contributed by atoms with E-state index in [1.54, 1.807) is 0 Å². The normalized spacial score (nSPS) is 12.5. The maximum atomic E-state index is 2.51. The van der Waals surface area contributed by atoms with Gasteiger partial charge in [0.25, 0.3) is 0 Å². The van der Waals surface area contributed by atoms with Gasteiger partial charge in [0.1, 0.15) is 8.07 Å². The van der Waals surface area contributed by atoms with Crippen LogP contribution in [0.25, 0.3) is 95.3 Å². The summed E-state index contributed by atoms with van der Waals surface area (Å²) in [7, 11) is -2.14. The van der Waals surface area contributed by atoms with E-state index in [0.717, 1.165) is 0 Å². The lowest BCUT2D eigenvalue weighted by atomic mass is 10.1. The van der Waals surface area contributed by atoms with E-state index in [1.807, 2.05) is 22.7 Å². The topological polar surface area (TPSA) is 9.86 Å². The van der Waals surface area contributed by atoms with E-state index in [2.05, 4.69) is 192 Å². The first kappa shape index (κ1) is 31.4. The second kappa shape index (κ2) is 11.5. The Kier molecular flexibility index (Phi) is 6.57. The lowest BCUT2D eigenvalue weighted by molar-refractivity contribution is 1.19. The lowest BCUT2D eigenvalue weighted by Gasteiger charge is -2.24. The molecule has 12 aromatic rings. The SMILES string of the molecule is C[Si](C)(c1ccc2c(c1)c1ccccc1n2-c1ccc2sc3ccccc3c2c1)c1ccc2c(c1)c1ccccc1n2-c1ccc2sc3ccccc3c2c1. The van der Waals surface area contributed by atoms with Gasteiger partial charge in [-0.05, 0) is 72.8 Å². The van der Waals surface area contributed by atoms with Gasteiger partial charge in [-0.3, -0.25) is 0 Å². The number of nitrogens with zero attached hydrogens (tertiary/aromatic N) is 2. The highest BCUT2D eigenvalue weighted by Crippen LogP contribution is 2.40. The molecular formula is C50H34N2S2Si. The van der Waals surface area contributed by atoms with E-state index in [9.17, 15) is 0 Å². The molecule has 0 aliphatic carbocycles. The van der Waals surface area contributed by atoms with Crippen LogP contribution in [0.2, 0.25) is 13.1 Å². The molecular weight excluding hydrogens is 721 g/mol. The first-order valence-electron chi connectivity index (χ1n) is 18.9. The Morgan fingerprint density at radius 3 is 1.18 bits per heavy atom. The minimum atomic E-state index is -2.14. The smallest absolute Gasteiger partial charge is 0.112 e. The molecule has 4 heterocycles. The summed E-state index contributed by atoms with van der Waals surface area (Å²) in [5, 5.41) is 13.4. The van der Waals surface area contributed by atoms with Gasteiger partial charge in [0.15, 0.2) is 0 Å². The Morgan fingerprint density at radius 1 is 0.327 bits per heavy atom. The van der Waals surface area contributed by atoms with Crippen LogP contribution in [0.4, 0.5) is 0 Å². The molecule has 0 unspecified atom stereocenters. The Bertz CT molecular complexity index is 3310. The first-order valence-corrected chi connectivity index (χ1v) is 23.6. The molecule has 5 heteroatoms. The summed E-state index contributed by atoms with van der Waals surface area (Å²) in [5.74, 6) is 0. The zero-order valence-corrected chi connectivity index (χ0v) is 33.0. The van der Waals surface area contributed by atoms with Crippen LogP contribution in [0.3, 0.4) is 0 Å². The number of thiophene rings is 2. The maximum absolute atomic E-state index is 2.51. The predicted octanol–water partition coefficient (Wildman–Crippen LogP) is 13.4. The van der Waals surface area contributed by atoms with Crippen molar-refractivity contribution >= 4 is 125 Å². The summed E-state index contributed by atoms with van der Waals surface area (Å²) in [6.45, 7) is 5.03. The molecule has 0 saturated carbocycles. The van der Waals surface area contributed by atoms with Crippen LogP contribution < -0.4 is 10.4 Å². The molecule has 260 valence electrons. The van der Waals surface area contributed by atoms with E-state index in [1.165, 1.54) is 106 Å². The first-order chi connectivity index (χ1) is 27.0. The number of para-hydroxylation sites is 2. The largest absolute Gasteiger partial charge is 0.309 e. The van der Waals surface area contributed by atoms with Crippen molar-refractivity contribution in [3.05, 3.63) is 170 Å². The fourth-order valence-electron chi connectivity index (χ4n) is 9.15. The standard InChI is InChI=1S/C50H34N2S2Si/c1-55(2,33-21-23-45-39(29-33)35-11-3-7-15-43(35)51(45)31-19-25-49-41(27-31)37-13-5-9-17-47(37)53-49)34-22-24-46-40(30-34)36-12-4-8-16-44(36)52(46)32-20-26-50-42(28-32)38-14-6-10-18-48(38)54-50/h3-30H,1-2H3. The van der Waals surface area contributed by atoms with E-state index < -0.39 is 8.07 Å². The fraction of sp³-hybridized carbons (Fsp3) is 0.0400. The van der Waals surface area contributed by atoms with Gasteiger partial charge in [-0.15, -0.1) is 22.7 Å². The summed E-state index contributed by atoms with van der Waals surface area (Å²) < 4.78 is 10.3. The molecule has 4 aromatic heterocycles. The van der Waals surface area contributed by atoms with Crippen LogP contribution in [-0.2, 0) is 0 Å². The van der Waals surface area contributed by atoms with Gasteiger partial charge in [0, 0.05) is 73.3 Å². The molecule has 0 amide bonds. The molecule has 8 aromatic carbocycles. The van der Waals surface area contributed by atoms with Crippen molar-refractivity contribution in [2.45, 2.75) is 13.1 Å². The molecule has 0 aliphatic heterocycles. The maximum Gasteiger partial charge on any atom is 0.112 e. The number of rotatable bonds is 4. The third-order valence-electron chi connectivity index (χ3n) is 12.0. The predicted molar refractivity (Wildman–Crippen MR) is 244 cm³/mol. The average molecular weight is 755 g/mol. The van der Waals surface area contributed by atoms with Gasteiger partial charge in [0.2, 0.25) is 0 Å². The van der Waals surface area contributed by atoms with Crippen LogP contribution in [-0.4, -0.2) is 17.2 Å². The van der Waals surface area contributed by atoms with Crippen molar-refractivity contribution in [3.63, 3.8) is 0 Å². The molecule has 0 bridgehead atoms. The monoisotopic (exact) mass is 754 g/mol. The van der Waals surface area contributed by atoms with Crippen LogP contribution in [0.1, 0.15) is 0 Å². The lowest BCUT2D eigenvalue weighted by Crippen LogP contribution is -2.52. The van der Waals surface area contributed by atoms with Crippen molar-refractivity contribution in [1.82, 2.24) is 9.13 Å². The molecule has 55 heavy (non-hydrogen) atoms. The highest BCUT2D eigenvalue weighted by Gasteiger charge is 2.28. The highest BCUT2D eigenvalue weighted by molar-refractivity contribution is 7.26. The Balaban J connectivity index is 1.01. The third-order valence-corrected chi connectivity index (χ3v) is 17.8. The fourth-order valence-corrected chi connectivity index (χ4v) is 13.7. The highest BCUT2D eigenvalue weighted by atomic mass is 32.1. The van der Waals surface area contributed by atoms with Gasteiger partial charge >= 0.3 is 0 Å². The molecule has 0 saturated heterocycles. The molecule has 0 atom stereocenters. The molecule has 12 rings (SSSR count). The van der Waals surface area contributed by atoms with Gasteiger partial charge in [-0.2, -0.15) is 0 Å². The molecule has 0 radical (unpaired) electrons. The number of benzene rings is 8. The number of hydrogen-bond donors (Lipinski definition) is 0. The van der Waals surface area contributed by atoms with Crippen LogP contribution in [0, 0.1) is 0 Å². The second-order valence-electron chi connectivity index (χ2n) is 15.4. The Hall–Kier alpha value is -5.98. The van der Waals surface area contributed by atoms with Gasteiger partial charge in [-0.25, -0.2) is 0 Å². The average Bonchev–Trinajstić information content (AvgIpc) is 3.97. The Morgan fingerprint density at radius 2 is 0.709 bits per heavy atom. The molecule has 0 aliphatic rings. The van der Waals surface area contributed by atoms with Crippen LogP contribution in [0.5, 0.6) is 0 Å². The summed E-state index contributed by atoms with van der Waals surface area (Å²) in [4.78, 5) is 0. The van der Waals surface area contributed by atoms with E-state index >= 15 is 0 Å². The van der Waals surface area contributed by atoms with Gasteiger partial charge in [0.05, 0.1) is 22.1 Å². The zero-order valence-electron chi connectivity index (χ0n) is 30.4.